The zero-order chi connectivity index (χ0) is 12.5. The summed E-state index contributed by atoms with van der Waals surface area (Å²) in [6.45, 7) is 1.98. The molecule has 4 heteroatoms. The first kappa shape index (κ1) is 13.7. The van der Waals surface area contributed by atoms with Crippen LogP contribution in [0.4, 0.5) is 0 Å². The molecule has 1 aliphatic heterocycles. The summed E-state index contributed by atoms with van der Waals surface area (Å²) in [5.41, 5.74) is 6.74. The molecule has 0 aromatic heterocycles. The minimum atomic E-state index is 0.267. The van der Waals surface area contributed by atoms with Crippen LogP contribution in [-0.2, 0) is 0 Å². The van der Waals surface area contributed by atoms with Gasteiger partial charge in [0, 0.05) is 29.9 Å². The van der Waals surface area contributed by atoms with Crippen LogP contribution in [0.15, 0.2) is 0 Å². The molecular formula is C13H27N3S. The van der Waals surface area contributed by atoms with Crippen molar-refractivity contribution in [2.24, 2.45) is 5.73 Å². The number of nitrogens with zero attached hydrogens (tertiary/aromatic N) is 2. The van der Waals surface area contributed by atoms with Crippen molar-refractivity contribution < 1.29 is 0 Å². The molecule has 0 bridgehead atoms. The molecule has 1 heterocycles. The first-order valence-electron chi connectivity index (χ1n) is 6.71. The van der Waals surface area contributed by atoms with Gasteiger partial charge in [0.05, 0.1) is 0 Å². The molecular weight excluding hydrogens is 230 g/mol. The smallest absolute Gasteiger partial charge is 0.0427 e. The number of thioether (sulfide) groups is 1. The van der Waals surface area contributed by atoms with E-state index < -0.39 is 0 Å². The summed E-state index contributed by atoms with van der Waals surface area (Å²) in [6.07, 6.45) is 5.33. The molecule has 3 nitrogen and oxygen atoms in total. The van der Waals surface area contributed by atoms with Gasteiger partial charge in [-0.25, -0.2) is 0 Å². The number of rotatable bonds is 5. The molecule has 0 aromatic carbocycles. The molecule has 1 unspecified atom stereocenters. The normalized spacial score (nSPS) is 32.1. The highest BCUT2D eigenvalue weighted by Crippen LogP contribution is 2.40. The van der Waals surface area contributed by atoms with E-state index in [0.717, 1.165) is 6.54 Å². The lowest BCUT2D eigenvalue weighted by atomic mass is 9.74. The van der Waals surface area contributed by atoms with Crippen molar-refractivity contribution in [3.8, 4) is 0 Å². The van der Waals surface area contributed by atoms with Crippen LogP contribution in [0.2, 0.25) is 0 Å². The van der Waals surface area contributed by atoms with Gasteiger partial charge in [-0.1, -0.05) is 0 Å². The molecule has 0 amide bonds. The highest BCUT2D eigenvalue weighted by molar-refractivity contribution is 7.99. The molecule has 2 aliphatic rings. The largest absolute Gasteiger partial charge is 0.329 e. The molecule has 2 rings (SSSR count). The van der Waals surface area contributed by atoms with E-state index in [9.17, 15) is 0 Å². The minimum Gasteiger partial charge on any atom is -0.329 e. The van der Waals surface area contributed by atoms with Crippen molar-refractivity contribution in [1.29, 1.82) is 0 Å². The Morgan fingerprint density at radius 1 is 1.12 bits per heavy atom. The second-order valence-corrected chi connectivity index (χ2v) is 7.16. The summed E-state index contributed by atoms with van der Waals surface area (Å²) in [6, 6.07) is 0. The topological polar surface area (TPSA) is 32.5 Å². The Labute approximate surface area is 110 Å². The Kier molecular flexibility index (Phi) is 4.08. The Morgan fingerprint density at radius 2 is 1.82 bits per heavy atom. The van der Waals surface area contributed by atoms with Crippen LogP contribution in [-0.4, -0.2) is 66.6 Å². The van der Waals surface area contributed by atoms with Crippen molar-refractivity contribution in [1.82, 2.24) is 9.80 Å². The highest BCUT2D eigenvalue weighted by Gasteiger charge is 2.45. The van der Waals surface area contributed by atoms with Gasteiger partial charge in [0.25, 0.3) is 0 Å². The number of hydrogen-bond acceptors (Lipinski definition) is 4. The summed E-state index contributed by atoms with van der Waals surface area (Å²) >= 11 is 2.06. The van der Waals surface area contributed by atoms with E-state index in [-0.39, 0.29) is 5.54 Å². The summed E-state index contributed by atoms with van der Waals surface area (Å²) in [7, 11) is 6.74. The van der Waals surface area contributed by atoms with Gasteiger partial charge in [-0.15, -0.1) is 0 Å². The third kappa shape index (κ3) is 2.37. The molecule has 2 N–H and O–H groups in total. The Hall–Kier alpha value is 0.230. The van der Waals surface area contributed by atoms with Crippen molar-refractivity contribution in [2.75, 3.05) is 45.7 Å². The van der Waals surface area contributed by atoms with E-state index in [1.807, 2.05) is 0 Å². The number of hydrogen-bond donors (Lipinski definition) is 1. The van der Waals surface area contributed by atoms with Gasteiger partial charge in [0.15, 0.2) is 0 Å². The lowest BCUT2D eigenvalue weighted by Gasteiger charge is -2.52. The molecule has 17 heavy (non-hydrogen) atoms. The van der Waals surface area contributed by atoms with Crippen LogP contribution in [0.25, 0.3) is 0 Å². The quantitative estimate of drug-likeness (QED) is 0.803. The lowest BCUT2D eigenvalue weighted by molar-refractivity contribution is -0.00129. The predicted octanol–water partition coefficient (Wildman–Crippen LogP) is 1.24. The lowest BCUT2D eigenvalue weighted by Crippen LogP contribution is -2.62. The molecule has 0 aromatic rings. The fourth-order valence-electron chi connectivity index (χ4n) is 3.16. The average Bonchev–Trinajstić information content (AvgIpc) is 2.72. The molecule has 1 saturated carbocycles. The van der Waals surface area contributed by atoms with E-state index in [1.165, 1.54) is 43.7 Å². The Bertz CT molecular complexity index is 257. The zero-order valence-electron chi connectivity index (χ0n) is 11.5. The highest BCUT2D eigenvalue weighted by atomic mass is 32.2. The Morgan fingerprint density at radius 3 is 2.18 bits per heavy atom. The van der Waals surface area contributed by atoms with Crippen LogP contribution in [0.1, 0.15) is 25.7 Å². The van der Waals surface area contributed by atoms with Gasteiger partial charge in [0.2, 0.25) is 0 Å². The standard InChI is InChI=1S/C13H27N3S/c1-15(2)12(5-4-6-12)10-16(3)13(9-14)7-8-17-11-13/h4-11,14H2,1-3H3. The van der Waals surface area contributed by atoms with Gasteiger partial charge in [-0.05, 0) is 52.6 Å². The van der Waals surface area contributed by atoms with E-state index in [4.69, 9.17) is 5.73 Å². The number of likely N-dealkylation sites (N-methyl/N-ethyl adjacent to an activating group) is 2. The summed E-state index contributed by atoms with van der Waals surface area (Å²) in [5, 5.41) is 0. The van der Waals surface area contributed by atoms with Gasteiger partial charge in [-0.2, -0.15) is 11.8 Å². The SMILES string of the molecule is CN(C)C1(CN(C)C2(CN)CCSC2)CCC1. The monoisotopic (exact) mass is 257 g/mol. The van der Waals surface area contributed by atoms with Crippen LogP contribution in [0.3, 0.4) is 0 Å². The third-order valence-electron chi connectivity index (χ3n) is 5.04. The molecule has 0 radical (unpaired) electrons. The summed E-state index contributed by atoms with van der Waals surface area (Å²) in [4.78, 5) is 4.99. The third-order valence-corrected chi connectivity index (χ3v) is 6.27. The fourth-order valence-corrected chi connectivity index (χ4v) is 4.69. The molecule has 1 atom stereocenters. The van der Waals surface area contributed by atoms with Crippen molar-refractivity contribution in [3.05, 3.63) is 0 Å². The van der Waals surface area contributed by atoms with E-state index in [1.54, 1.807) is 0 Å². The summed E-state index contributed by atoms with van der Waals surface area (Å²) in [5.74, 6) is 2.49. The Balaban J connectivity index is 2.02. The number of nitrogens with two attached hydrogens (primary N) is 1. The molecule has 1 saturated heterocycles. The predicted molar refractivity (Wildman–Crippen MR) is 76.6 cm³/mol. The van der Waals surface area contributed by atoms with Crippen molar-refractivity contribution in [3.63, 3.8) is 0 Å². The van der Waals surface area contributed by atoms with Gasteiger partial charge in [-0.3, -0.25) is 4.90 Å². The van der Waals surface area contributed by atoms with Crippen LogP contribution in [0.5, 0.6) is 0 Å². The molecule has 1 aliphatic carbocycles. The van der Waals surface area contributed by atoms with Crippen molar-refractivity contribution >= 4 is 11.8 Å². The second kappa shape index (κ2) is 5.08. The van der Waals surface area contributed by atoms with Crippen molar-refractivity contribution in [2.45, 2.75) is 36.8 Å². The average molecular weight is 257 g/mol. The second-order valence-electron chi connectivity index (χ2n) is 6.06. The van der Waals surface area contributed by atoms with Gasteiger partial charge >= 0.3 is 0 Å². The van der Waals surface area contributed by atoms with Crippen LogP contribution < -0.4 is 5.73 Å². The fraction of sp³-hybridized carbons (Fsp3) is 1.00. The van der Waals surface area contributed by atoms with Gasteiger partial charge < -0.3 is 10.6 Å². The molecule has 0 spiro atoms. The maximum atomic E-state index is 6.06. The molecule has 2 fully saturated rings. The maximum absolute atomic E-state index is 6.06. The zero-order valence-corrected chi connectivity index (χ0v) is 12.4. The van der Waals surface area contributed by atoms with Crippen LogP contribution >= 0.6 is 11.8 Å². The first-order valence-corrected chi connectivity index (χ1v) is 7.87. The van der Waals surface area contributed by atoms with Crippen LogP contribution in [0, 0.1) is 0 Å². The molecule has 100 valence electrons. The van der Waals surface area contributed by atoms with E-state index in [2.05, 4.69) is 42.7 Å². The maximum Gasteiger partial charge on any atom is 0.0427 e. The minimum absolute atomic E-state index is 0.267. The van der Waals surface area contributed by atoms with E-state index in [0.29, 0.717) is 5.54 Å². The van der Waals surface area contributed by atoms with Gasteiger partial charge in [0.1, 0.15) is 0 Å². The first-order chi connectivity index (χ1) is 8.05. The summed E-state index contributed by atoms with van der Waals surface area (Å²) < 4.78 is 0. The van der Waals surface area contributed by atoms with E-state index >= 15 is 0 Å².